The third-order valence-corrected chi connectivity index (χ3v) is 2.15. The van der Waals surface area contributed by atoms with Crippen LogP contribution in [0.4, 0.5) is 13.2 Å². The van der Waals surface area contributed by atoms with E-state index in [1.165, 1.54) is 14.0 Å². The Balaban J connectivity index is 3.01. The Kier molecular flexibility index (Phi) is 4.11. The van der Waals surface area contributed by atoms with Gasteiger partial charge < -0.3 is 10.0 Å². The molecule has 0 saturated heterocycles. The van der Waals surface area contributed by atoms with Crippen molar-refractivity contribution < 1.29 is 23.1 Å². The van der Waals surface area contributed by atoms with Gasteiger partial charge in [-0.25, -0.2) is 13.2 Å². The van der Waals surface area contributed by atoms with Crippen molar-refractivity contribution >= 4 is 5.91 Å². The van der Waals surface area contributed by atoms with E-state index in [4.69, 9.17) is 5.11 Å². The van der Waals surface area contributed by atoms with Crippen molar-refractivity contribution in [1.82, 2.24) is 4.90 Å². The second kappa shape index (κ2) is 5.18. The van der Waals surface area contributed by atoms with Gasteiger partial charge in [-0.05, 0) is 19.1 Å². The molecular formula is C11H12F3NO2. The van der Waals surface area contributed by atoms with E-state index >= 15 is 0 Å². The van der Waals surface area contributed by atoms with Gasteiger partial charge in [0.2, 0.25) is 0 Å². The topological polar surface area (TPSA) is 40.5 Å². The number of hydrogen-bond acceptors (Lipinski definition) is 2. The molecule has 0 radical (unpaired) electrons. The van der Waals surface area contributed by atoms with E-state index in [9.17, 15) is 18.0 Å². The van der Waals surface area contributed by atoms with Gasteiger partial charge in [0, 0.05) is 13.6 Å². The van der Waals surface area contributed by atoms with Gasteiger partial charge in [-0.1, -0.05) is 0 Å². The van der Waals surface area contributed by atoms with Crippen molar-refractivity contribution in [2.75, 3.05) is 13.6 Å². The van der Waals surface area contributed by atoms with Crippen LogP contribution in [0, 0.1) is 17.5 Å². The fraction of sp³-hybridized carbons (Fsp3) is 0.364. The molecule has 0 heterocycles. The summed E-state index contributed by atoms with van der Waals surface area (Å²) in [5.74, 6) is -5.37. The Morgan fingerprint density at radius 2 is 1.94 bits per heavy atom. The van der Waals surface area contributed by atoms with E-state index in [0.29, 0.717) is 6.07 Å². The van der Waals surface area contributed by atoms with Crippen LogP contribution in [0.2, 0.25) is 0 Å². The number of likely N-dealkylation sites (N-methyl/N-ethyl adjacent to an activating group) is 1. The number of aliphatic hydroxyl groups is 1. The summed E-state index contributed by atoms with van der Waals surface area (Å²) in [6.07, 6.45) is -0.794. The van der Waals surface area contributed by atoms with Crippen LogP contribution in [-0.4, -0.2) is 35.6 Å². The van der Waals surface area contributed by atoms with Crippen LogP contribution in [0.1, 0.15) is 17.3 Å². The fourth-order valence-electron chi connectivity index (χ4n) is 1.38. The van der Waals surface area contributed by atoms with Crippen molar-refractivity contribution in [3.8, 4) is 0 Å². The lowest BCUT2D eigenvalue weighted by Gasteiger charge is -2.19. The standard InChI is InChI=1S/C11H12F3NO2/c1-6(16)5-15(2)11(17)7-3-4-8(12)10(14)9(7)13/h3-4,6,16H,5H2,1-2H3. The molecule has 0 saturated carbocycles. The lowest BCUT2D eigenvalue weighted by atomic mass is 10.1. The number of carbonyl (C=O) groups is 1. The first-order valence-corrected chi connectivity index (χ1v) is 4.91. The average molecular weight is 247 g/mol. The van der Waals surface area contributed by atoms with Crippen molar-refractivity contribution in [3.05, 3.63) is 35.1 Å². The van der Waals surface area contributed by atoms with Gasteiger partial charge in [-0.2, -0.15) is 0 Å². The van der Waals surface area contributed by atoms with Gasteiger partial charge in [-0.15, -0.1) is 0 Å². The maximum atomic E-state index is 13.3. The lowest BCUT2D eigenvalue weighted by Crippen LogP contribution is -2.33. The molecule has 17 heavy (non-hydrogen) atoms. The molecule has 1 amide bonds. The normalized spacial score (nSPS) is 12.4. The quantitative estimate of drug-likeness (QED) is 0.823. The molecule has 0 fully saturated rings. The highest BCUT2D eigenvalue weighted by molar-refractivity contribution is 5.94. The molecule has 1 unspecified atom stereocenters. The summed E-state index contributed by atoms with van der Waals surface area (Å²) < 4.78 is 38.8. The predicted octanol–water partition coefficient (Wildman–Crippen LogP) is 1.56. The summed E-state index contributed by atoms with van der Waals surface area (Å²) in [7, 11) is 1.33. The van der Waals surface area contributed by atoms with E-state index in [0.717, 1.165) is 11.0 Å². The first kappa shape index (κ1) is 13.5. The highest BCUT2D eigenvalue weighted by Gasteiger charge is 2.21. The third kappa shape index (κ3) is 2.97. The summed E-state index contributed by atoms with van der Waals surface area (Å²) in [6.45, 7) is 1.42. The Morgan fingerprint density at radius 3 is 2.47 bits per heavy atom. The molecule has 6 heteroatoms. The average Bonchev–Trinajstić information content (AvgIpc) is 2.24. The van der Waals surface area contributed by atoms with Crippen LogP contribution in [0.25, 0.3) is 0 Å². The molecule has 3 nitrogen and oxygen atoms in total. The number of amides is 1. The van der Waals surface area contributed by atoms with Crippen LogP contribution >= 0.6 is 0 Å². The Morgan fingerprint density at radius 1 is 1.35 bits per heavy atom. The Labute approximate surface area is 96.5 Å². The molecule has 0 spiro atoms. The largest absolute Gasteiger partial charge is 0.392 e. The molecule has 94 valence electrons. The molecule has 1 aromatic rings. The molecule has 0 aliphatic rings. The van der Waals surface area contributed by atoms with E-state index in [-0.39, 0.29) is 6.54 Å². The lowest BCUT2D eigenvalue weighted by molar-refractivity contribution is 0.0698. The van der Waals surface area contributed by atoms with Crippen LogP contribution < -0.4 is 0 Å². The maximum absolute atomic E-state index is 13.3. The highest BCUT2D eigenvalue weighted by Crippen LogP contribution is 2.16. The second-order valence-electron chi connectivity index (χ2n) is 3.76. The minimum atomic E-state index is -1.68. The van der Waals surface area contributed by atoms with Gasteiger partial charge in [0.05, 0.1) is 11.7 Å². The first-order chi connectivity index (χ1) is 7.84. The number of rotatable bonds is 3. The molecule has 1 aromatic carbocycles. The molecule has 0 aliphatic heterocycles. The third-order valence-electron chi connectivity index (χ3n) is 2.15. The van der Waals surface area contributed by atoms with Crippen LogP contribution in [-0.2, 0) is 0 Å². The molecule has 1 N–H and O–H groups in total. The summed E-state index contributed by atoms with van der Waals surface area (Å²) in [4.78, 5) is 12.7. The molecule has 0 bridgehead atoms. The number of benzene rings is 1. The van der Waals surface area contributed by atoms with E-state index in [1.54, 1.807) is 0 Å². The monoisotopic (exact) mass is 247 g/mol. The Hall–Kier alpha value is -1.56. The van der Waals surface area contributed by atoms with Crippen LogP contribution in [0.15, 0.2) is 12.1 Å². The minimum absolute atomic E-state index is 0.0305. The van der Waals surface area contributed by atoms with Crippen molar-refractivity contribution in [1.29, 1.82) is 0 Å². The number of hydrogen-bond donors (Lipinski definition) is 1. The molecular weight excluding hydrogens is 235 g/mol. The number of halogens is 3. The predicted molar refractivity (Wildman–Crippen MR) is 55.0 cm³/mol. The molecule has 1 atom stereocenters. The SMILES string of the molecule is CC(O)CN(C)C(=O)c1ccc(F)c(F)c1F. The molecule has 1 rings (SSSR count). The summed E-state index contributed by atoms with van der Waals surface area (Å²) in [6, 6.07) is 1.55. The minimum Gasteiger partial charge on any atom is -0.392 e. The van der Waals surface area contributed by atoms with Crippen molar-refractivity contribution in [2.24, 2.45) is 0 Å². The zero-order chi connectivity index (χ0) is 13.2. The van der Waals surface area contributed by atoms with Gasteiger partial charge in [0.15, 0.2) is 17.5 Å². The van der Waals surface area contributed by atoms with Crippen molar-refractivity contribution in [2.45, 2.75) is 13.0 Å². The second-order valence-corrected chi connectivity index (χ2v) is 3.76. The zero-order valence-electron chi connectivity index (χ0n) is 9.38. The van der Waals surface area contributed by atoms with Crippen molar-refractivity contribution in [3.63, 3.8) is 0 Å². The van der Waals surface area contributed by atoms with Gasteiger partial charge >= 0.3 is 0 Å². The van der Waals surface area contributed by atoms with E-state index < -0.39 is 35.0 Å². The highest BCUT2D eigenvalue weighted by atomic mass is 19.2. The van der Waals surface area contributed by atoms with Gasteiger partial charge in [-0.3, -0.25) is 4.79 Å². The number of nitrogens with zero attached hydrogens (tertiary/aromatic N) is 1. The van der Waals surface area contributed by atoms with Crippen LogP contribution in [0.5, 0.6) is 0 Å². The molecule has 0 aliphatic carbocycles. The summed E-state index contributed by atoms with van der Waals surface area (Å²) in [5, 5.41) is 9.06. The number of carbonyl (C=O) groups excluding carboxylic acids is 1. The van der Waals surface area contributed by atoms with E-state index in [1.807, 2.05) is 0 Å². The van der Waals surface area contributed by atoms with Crippen LogP contribution in [0.3, 0.4) is 0 Å². The zero-order valence-corrected chi connectivity index (χ0v) is 9.38. The van der Waals surface area contributed by atoms with E-state index in [2.05, 4.69) is 0 Å². The van der Waals surface area contributed by atoms with Gasteiger partial charge in [0.25, 0.3) is 5.91 Å². The fourth-order valence-corrected chi connectivity index (χ4v) is 1.38. The first-order valence-electron chi connectivity index (χ1n) is 4.91. The smallest absolute Gasteiger partial charge is 0.256 e. The molecule has 0 aromatic heterocycles. The number of aliphatic hydroxyl groups excluding tert-OH is 1. The summed E-state index contributed by atoms with van der Waals surface area (Å²) in [5.41, 5.74) is -0.563. The Bertz CT molecular complexity index is 435. The maximum Gasteiger partial charge on any atom is 0.256 e. The summed E-state index contributed by atoms with van der Waals surface area (Å²) >= 11 is 0. The van der Waals surface area contributed by atoms with Gasteiger partial charge in [0.1, 0.15) is 0 Å².